The molecule has 0 radical (unpaired) electrons. The van der Waals surface area contributed by atoms with Crippen molar-refractivity contribution < 1.29 is 27.9 Å². The molecule has 0 bridgehead atoms. The first-order valence-electron chi connectivity index (χ1n) is 5.56. The predicted molar refractivity (Wildman–Crippen MR) is 68.5 cm³/mol. The summed E-state index contributed by atoms with van der Waals surface area (Å²) in [5.41, 5.74) is 0.388. The first-order valence-corrected chi connectivity index (χ1v) is 7.21. The van der Waals surface area contributed by atoms with Gasteiger partial charge in [0.25, 0.3) is 0 Å². The first-order chi connectivity index (χ1) is 9.34. The number of rotatable bonds is 7. The second-order valence-corrected chi connectivity index (χ2v) is 5.75. The monoisotopic (exact) mass is 302 g/mol. The predicted octanol–water partition coefficient (Wildman–Crippen LogP) is -0.238. The smallest absolute Gasteiger partial charge is 0.354 e. The Labute approximate surface area is 115 Å². The molecule has 0 unspecified atom stereocenters. The Morgan fingerprint density at radius 2 is 2.10 bits per heavy atom. The number of carbonyl (C=O) groups is 2. The summed E-state index contributed by atoms with van der Waals surface area (Å²) < 4.78 is 29.8. The Hall–Kier alpha value is -2.00. The van der Waals surface area contributed by atoms with Gasteiger partial charge in [-0.05, 0) is 11.6 Å². The number of nitrogens with one attached hydrogen (secondary N) is 1. The molecule has 2 N–H and O–H groups in total. The largest absolute Gasteiger partial charge is 0.477 e. The van der Waals surface area contributed by atoms with Crippen LogP contribution in [0.3, 0.4) is 0 Å². The summed E-state index contributed by atoms with van der Waals surface area (Å²) in [7, 11) is -2.43. The average Bonchev–Trinajstić information content (AvgIpc) is 2.43. The molecular formula is C11H14N2O6S. The van der Waals surface area contributed by atoms with Crippen LogP contribution in [0.15, 0.2) is 18.3 Å². The van der Waals surface area contributed by atoms with Crippen LogP contribution < -0.4 is 4.72 Å². The molecule has 0 aromatic carbocycles. The number of hydrogen-bond donors (Lipinski definition) is 2. The fraction of sp³-hybridized carbons (Fsp3) is 0.364. The molecule has 0 saturated heterocycles. The van der Waals surface area contributed by atoms with E-state index in [4.69, 9.17) is 5.11 Å². The molecule has 1 aromatic heterocycles. The summed E-state index contributed by atoms with van der Waals surface area (Å²) in [5.74, 6) is -2.14. The van der Waals surface area contributed by atoms with Gasteiger partial charge in [0, 0.05) is 12.7 Å². The molecule has 9 heteroatoms. The van der Waals surface area contributed by atoms with Gasteiger partial charge in [-0.1, -0.05) is 6.07 Å². The Morgan fingerprint density at radius 1 is 1.40 bits per heavy atom. The minimum absolute atomic E-state index is 0.0313. The molecule has 0 aliphatic carbocycles. The van der Waals surface area contributed by atoms with Crippen LogP contribution in [0.2, 0.25) is 0 Å². The molecule has 0 amide bonds. The normalized spacial score (nSPS) is 11.1. The molecule has 0 aliphatic heterocycles. The average molecular weight is 302 g/mol. The fourth-order valence-corrected chi connectivity index (χ4v) is 2.21. The van der Waals surface area contributed by atoms with Gasteiger partial charge in [0.1, 0.15) is 5.69 Å². The molecule has 8 nitrogen and oxygen atoms in total. The van der Waals surface area contributed by atoms with Crippen molar-refractivity contribution in [2.45, 2.75) is 13.0 Å². The summed E-state index contributed by atoms with van der Waals surface area (Å²) in [4.78, 5) is 25.1. The van der Waals surface area contributed by atoms with Gasteiger partial charge in [-0.2, -0.15) is 0 Å². The van der Waals surface area contributed by atoms with E-state index in [1.807, 2.05) is 0 Å². The van der Waals surface area contributed by atoms with Crippen LogP contribution in [0.25, 0.3) is 0 Å². The first kappa shape index (κ1) is 16.1. The van der Waals surface area contributed by atoms with Crippen LogP contribution in [-0.4, -0.2) is 43.3 Å². The zero-order chi connectivity index (χ0) is 15.2. The lowest BCUT2D eigenvalue weighted by Gasteiger charge is -2.06. The molecule has 20 heavy (non-hydrogen) atoms. The van der Waals surface area contributed by atoms with Gasteiger partial charge in [0.15, 0.2) is 0 Å². The third-order valence-corrected chi connectivity index (χ3v) is 3.67. The lowest BCUT2D eigenvalue weighted by atomic mass is 10.2. The van der Waals surface area contributed by atoms with Gasteiger partial charge >= 0.3 is 11.9 Å². The van der Waals surface area contributed by atoms with E-state index in [9.17, 15) is 18.0 Å². The Kier molecular flexibility index (Phi) is 5.59. The molecule has 0 fully saturated rings. The van der Waals surface area contributed by atoms with E-state index >= 15 is 0 Å². The van der Waals surface area contributed by atoms with Crippen LogP contribution in [0, 0.1) is 0 Å². The molecular weight excluding hydrogens is 288 g/mol. The van der Waals surface area contributed by atoms with Crippen LogP contribution >= 0.6 is 0 Å². The van der Waals surface area contributed by atoms with E-state index in [2.05, 4.69) is 14.4 Å². The number of pyridine rings is 1. The molecule has 0 saturated carbocycles. The van der Waals surface area contributed by atoms with Gasteiger partial charge in [-0.3, -0.25) is 4.79 Å². The summed E-state index contributed by atoms with van der Waals surface area (Å²) in [6.45, 7) is -0.0313. The number of esters is 1. The third kappa shape index (κ3) is 5.33. The summed E-state index contributed by atoms with van der Waals surface area (Å²) in [6.07, 6.45) is 1.04. The van der Waals surface area contributed by atoms with Crippen molar-refractivity contribution in [3.05, 3.63) is 29.6 Å². The SMILES string of the molecule is COC(=O)CCS(=O)(=O)NCc1ccc(C(=O)O)nc1. The Morgan fingerprint density at radius 3 is 2.60 bits per heavy atom. The van der Waals surface area contributed by atoms with Crippen molar-refractivity contribution >= 4 is 22.0 Å². The molecule has 0 aliphatic rings. The lowest BCUT2D eigenvalue weighted by Crippen LogP contribution is -2.27. The minimum atomic E-state index is -3.61. The van der Waals surface area contributed by atoms with Crippen molar-refractivity contribution in [2.75, 3.05) is 12.9 Å². The summed E-state index contributed by atoms with van der Waals surface area (Å²) in [5, 5.41) is 8.66. The van der Waals surface area contributed by atoms with E-state index in [-0.39, 0.29) is 24.4 Å². The molecule has 0 spiro atoms. The number of carbonyl (C=O) groups excluding carboxylic acids is 1. The maximum atomic E-state index is 11.6. The highest BCUT2D eigenvalue weighted by molar-refractivity contribution is 7.89. The maximum Gasteiger partial charge on any atom is 0.354 e. The number of aromatic nitrogens is 1. The Bertz CT molecular complexity index is 581. The highest BCUT2D eigenvalue weighted by atomic mass is 32.2. The van der Waals surface area contributed by atoms with Crippen LogP contribution in [-0.2, 0) is 26.1 Å². The van der Waals surface area contributed by atoms with Crippen molar-refractivity contribution in [1.29, 1.82) is 0 Å². The Balaban J connectivity index is 2.53. The number of aromatic carboxylic acids is 1. The topological polar surface area (TPSA) is 123 Å². The van der Waals surface area contributed by atoms with E-state index < -0.39 is 22.0 Å². The van der Waals surface area contributed by atoms with Gasteiger partial charge in [0.05, 0.1) is 19.3 Å². The van der Waals surface area contributed by atoms with Gasteiger partial charge < -0.3 is 9.84 Å². The standard InChI is InChI=1S/C11H14N2O6S/c1-19-10(14)4-5-20(17,18)13-7-8-2-3-9(11(15)16)12-6-8/h2-3,6,13H,4-5,7H2,1H3,(H,15,16). The van der Waals surface area contributed by atoms with Crippen LogP contribution in [0.5, 0.6) is 0 Å². The zero-order valence-electron chi connectivity index (χ0n) is 10.7. The minimum Gasteiger partial charge on any atom is -0.477 e. The highest BCUT2D eigenvalue weighted by Gasteiger charge is 2.13. The number of carboxylic acid groups (broad SMARTS) is 1. The second kappa shape index (κ2) is 6.96. The number of nitrogens with zero attached hydrogens (tertiary/aromatic N) is 1. The molecule has 1 aromatic rings. The zero-order valence-corrected chi connectivity index (χ0v) is 11.5. The third-order valence-electron chi connectivity index (χ3n) is 2.34. The van der Waals surface area contributed by atoms with Crippen molar-refractivity contribution in [3.63, 3.8) is 0 Å². The molecule has 0 atom stereocenters. The summed E-state index contributed by atoms with van der Waals surface area (Å²) in [6, 6.07) is 2.74. The number of ether oxygens (including phenoxy) is 1. The van der Waals surface area contributed by atoms with Gasteiger partial charge in [-0.15, -0.1) is 0 Å². The number of hydrogen-bond acceptors (Lipinski definition) is 6. The number of sulfonamides is 1. The lowest BCUT2D eigenvalue weighted by molar-refractivity contribution is -0.140. The number of methoxy groups -OCH3 is 1. The van der Waals surface area contributed by atoms with E-state index in [1.54, 1.807) is 0 Å². The van der Waals surface area contributed by atoms with Gasteiger partial charge in [0.2, 0.25) is 10.0 Å². The van der Waals surface area contributed by atoms with Gasteiger partial charge in [-0.25, -0.2) is 22.9 Å². The van der Waals surface area contributed by atoms with E-state index in [1.165, 1.54) is 25.4 Å². The molecule has 1 heterocycles. The van der Waals surface area contributed by atoms with E-state index in [0.717, 1.165) is 0 Å². The fourth-order valence-electron chi connectivity index (χ4n) is 1.24. The highest BCUT2D eigenvalue weighted by Crippen LogP contribution is 2.01. The van der Waals surface area contributed by atoms with Crippen molar-refractivity contribution in [2.24, 2.45) is 0 Å². The van der Waals surface area contributed by atoms with Crippen molar-refractivity contribution in [1.82, 2.24) is 9.71 Å². The van der Waals surface area contributed by atoms with Crippen LogP contribution in [0.4, 0.5) is 0 Å². The number of carboxylic acids is 1. The van der Waals surface area contributed by atoms with E-state index in [0.29, 0.717) is 5.56 Å². The quantitative estimate of drug-likeness (QED) is 0.666. The molecule has 110 valence electrons. The van der Waals surface area contributed by atoms with Crippen LogP contribution in [0.1, 0.15) is 22.5 Å². The maximum absolute atomic E-state index is 11.6. The second-order valence-electron chi connectivity index (χ2n) is 3.82. The summed E-state index contributed by atoms with van der Waals surface area (Å²) >= 11 is 0. The molecule has 1 rings (SSSR count). The van der Waals surface area contributed by atoms with Crippen molar-refractivity contribution in [3.8, 4) is 0 Å².